The number of nitrogens with zero attached hydrogens (tertiary/aromatic N) is 3. The zero-order valence-corrected chi connectivity index (χ0v) is 18.1. The molecule has 10 nitrogen and oxygen atoms in total. The fraction of sp³-hybridized carbons (Fsp3) is 0.455. The molecule has 1 aromatic carbocycles. The third-order valence-electron chi connectivity index (χ3n) is 6.19. The van der Waals surface area contributed by atoms with E-state index in [0.29, 0.717) is 36.5 Å². The Morgan fingerprint density at radius 2 is 2.00 bits per heavy atom. The van der Waals surface area contributed by atoms with E-state index in [0.717, 1.165) is 30.5 Å². The Morgan fingerprint density at radius 1 is 1.22 bits per heavy atom. The lowest BCUT2D eigenvalue weighted by molar-refractivity contribution is -0.132. The van der Waals surface area contributed by atoms with E-state index < -0.39 is 11.4 Å². The number of hydrogen-bond donors (Lipinski definition) is 2. The molecule has 2 aromatic heterocycles. The van der Waals surface area contributed by atoms with Crippen LogP contribution in [0.1, 0.15) is 54.9 Å². The molecule has 5 rings (SSSR count). The molecule has 2 aliphatic rings. The fourth-order valence-electron chi connectivity index (χ4n) is 4.37. The summed E-state index contributed by atoms with van der Waals surface area (Å²) < 4.78 is 12.3. The number of rotatable bonds is 4. The van der Waals surface area contributed by atoms with Gasteiger partial charge in [0.15, 0.2) is 11.3 Å². The number of piperidine rings is 1. The first-order chi connectivity index (χ1) is 15.3. The van der Waals surface area contributed by atoms with Gasteiger partial charge in [-0.25, -0.2) is 4.79 Å². The van der Waals surface area contributed by atoms with E-state index in [1.54, 1.807) is 23.1 Å². The highest BCUT2D eigenvalue weighted by Crippen LogP contribution is 2.35. The van der Waals surface area contributed by atoms with Crippen LogP contribution in [0.4, 0.5) is 5.69 Å². The number of carbonyl (C=O) groups excluding carboxylic acids is 2. The van der Waals surface area contributed by atoms with Gasteiger partial charge in [0.25, 0.3) is 5.91 Å². The Balaban J connectivity index is 1.39. The van der Waals surface area contributed by atoms with Gasteiger partial charge in [0, 0.05) is 24.3 Å². The second kappa shape index (κ2) is 7.63. The van der Waals surface area contributed by atoms with Gasteiger partial charge in [0.05, 0.1) is 17.8 Å². The number of anilines is 1. The maximum absolute atomic E-state index is 12.9. The molecule has 0 unspecified atom stereocenters. The molecule has 32 heavy (non-hydrogen) atoms. The number of carbonyl (C=O) groups is 2. The van der Waals surface area contributed by atoms with Crippen LogP contribution in [0.3, 0.4) is 0 Å². The number of benzene rings is 1. The number of ether oxygens (including phenoxy) is 1. The molecular weight excluding hydrogens is 414 g/mol. The van der Waals surface area contributed by atoms with Gasteiger partial charge in [-0.05, 0) is 51.3 Å². The van der Waals surface area contributed by atoms with Gasteiger partial charge in [0.2, 0.25) is 5.91 Å². The molecule has 2 aliphatic heterocycles. The van der Waals surface area contributed by atoms with Crippen molar-refractivity contribution in [3.63, 3.8) is 0 Å². The summed E-state index contributed by atoms with van der Waals surface area (Å²) in [6.45, 7) is 5.45. The topological polar surface area (TPSA) is 122 Å². The lowest BCUT2D eigenvalue weighted by Crippen LogP contribution is -2.39. The van der Waals surface area contributed by atoms with Crippen molar-refractivity contribution in [2.75, 3.05) is 18.4 Å². The second-order valence-electron chi connectivity index (χ2n) is 8.76. The first kappa shape index (κ1) is 20.5. The molecular formula is C22H25N5O5. The van der Waals surface area contributed by atoms with Crippen LogP contribution in [-0.2, 0) is 28.3 Å². The van der Waals surface area contributed by atoms with Gasteiger partial charge in [-0.2, -0.15) is 5.10 Å². The summed E-state index contributed by atoms with van der Waals surface area (Å²) >= 11 is 0. The lowest BCUT2D eigenvalue weighted by Gasteiger charge is -2.26. The van der Waals surface area contributed by atoms with Gasteiger partial charge >= 0.3 is 5.76 Å². The standard InChI is InChI=1S/C22H25N5O5/c1-22(2)19-14(12-31-22)18(24-25-19)20(29)23-13-6-7-16-15(10-13)27(21(30)32-16)11-17(28)26-8-4-3-5-9-26/h6-7,10H,3-5,8-9,11-12H2,1-2H3,(H,23,29)(H,24,25). The maximum atomic E-state index is 12.9. The van der Waals surface area contributed by atoms with E-state index >= 15 is 0 Å². The van der Waals surface area contributed by atoms with Gasteiger partial charge < -0.3 is 19.4 Å². The summed E-state index contributed by atoms with van der Waals surface area (Å²) in [5.41, 5.74) is 2.56. The number of H-pyrrole nitrogens is 1. The average Bonchev–Trinajstić information content (AvgIpc) is 3.43. The van der Waals surface area contributed by atoms with Crippen LogP contribution in [0, 0.1) is 0 Å². The number of likely N-dealkylation sites (tertiary alicyclic amines) is 1. The minimum Gasteiger partial charge on any atom is -0.408 e. The van der Waals surface area contributed by atoms with E-state index in [1.165, 1.54) is 4.57 Å². The van der Waals surface area contributed by atoms with Crippen molar-refractivity contribution in [1.29, 1.82) is 0 Å². The van der Waals surface area contributed by atoms with E-state index in [-0.39, 0.29) is 24.1 Å². The van der Waals surface area contributed by atoms with Crippen molar-refractivity contribution >= 4 is 28.6 Å². The monoisotopic (exact) mass is 439 g/mol. The zero-order chi connectivity index (χ0) is 22.5. The molecule has 3 aromatic rings. The van der Waals surface area contributed by atoms with Crippen molar-refractivity contribution in [1.82, 2.24) is 19.7 Å². The summed E-state index contributed by atoms with van der Waals surface area (Å²) in [5, 5.41) is 9.88. The van der Waals surface area contributed by atoms with Gasteiger partial charge in [-0.15, -0.1) is 0 Å². The number of amides is 2. The minimum atomic E-state index is -0.599. The summed E-state index contributed by atoms with van der Waals surface area (Å²) in [7, 11) is 0. The Hall–Kier alpha value is -3.40. The number of oxazole rings is 1. The van der Waals surface area contributed by atoms with Gasteiger partial charge in [-0.3, -0.25) is 19.3 Å². The van der Waals surface area contributed by atoms with Crippen molar-refractivity contribution < 1.29 is 18.7 Å². The normalized spacial score (nSPS) is 17.5. The highest BCUT2D eigenvalue weighted by Gasteiger charge is 2.36. The van der Waals surface area contributed by atoms with Crippen LogP contribution in [0.2, 0.25) is 0 Å². The van der Waals surface area contributed by atoms with Crippen LogP contribution in [0.25, 0.3) is 11.1 Å². The van der Waals surface area contributed by atoms with Crippen LogP contribution in [0.5, 0.6) is 0 Å². The molecule has 1 fully saturated rings. The average molecular weight is 439 g/mol. The molecule has 0 spiro atoms. The summed E-state index contributed by atoms with van der Waals surface area (Å²) in [6, 6.07) is 4.89. The number of hydrogen-bond acceptors (Lipinski definition) is 6. The first-order valence-corrected chi connectivity index (χ1v) is 10.8. The lowest BCUT2D eigenvalue weighted by atomic mass is 10.0. The third-order valence-corrected chi connectivity index (χ3v) is 6.19. The predicted octanol–water partition coefficient (Wildman–Crippen LogP) is 2.35. The summed E-state index contributed by atoms with van der Waals surface area (Å²) in [6.07, 6.45) is 3.06. The molecule has 1 saturated heterocycles. The number of nitrogens with one attached hydrogen (secondary N) is 2. The second-order valence-corrected chi connectivity index (χ2v) is 8.76. The molecule has 0 atom stereocenters. The van der Waals surface area contributed by atoms with E-state index in [9.17, 15) is 14.4 Å². The van der Waals surface area contributed by atoms with E-state index in [4.69, 9.17) is 9.15 Å². The SMILES string of the molecule is CC1(C)OCc2c(C(=O)Nc3ccc4oc(=O)n(CC(=O)N5CCCCC5)c4c3)n[nH]c21. The molecule has 2 N–H and O–H groups in total. The zero-order valence-electron chi connectivity index (χ0n) is 18.1. The summed E-state index contributed by atoms with van der Waals surface area (Å²) in [4.78, 5) is 39.7. The quantitative estimate of drug-likeness (QED) is 0.643. The Morgan fingerprint density at radius 3 is 2.78 bits per heavy atom. The largest absolute Gasteiger partial charge is 0.420 e. The molecule has 0 bridgehead atoms. The molecule has 0 radical (unpaired) electrons. The van der Waals surface area contributed by atoms with Crippen LogP contribution in [0.15, 0.2) is 27.4 Å². The molecule has 2 amide bonds. The Kier molecular flexibility index (Phi) is 4.89. The van der Waals surface area contributed by atoms with Gasteiger partial charge in [-0.1, -0.05) is 0 Å². The fourth-order valence-corrected chi connectivity index (χ4v) is 4.37. The molecule has 168 valence electrons. The highest BCUT2D eigenvalue weighted by molar-refractivity contribution is 6.04. The van der Waals surface area contributed by atoms with Crippen LogP contribution < -0.4 is 11.1 Å². The smallest absolute Gasteiger partial charge is 0.408 e. The molecule has 10 heteroatoms. The number of fused-ring (bicyclic) bond motifs is 2. The minimum absolute atomic E-state index is 0.0947. The number of aromatic amines is 1. The van der Waals surface area contributed by atoms with Crippen molar-refractivity contribution in [2.24, 2.45) is 0 Å². The van der Waals surface area contributed by atoms with Crippen LogP contribution in [-0.4, -0.2) is 44.6 Å². The predicted molar refractivity (Wildman–Crippen MR) is 115 cm³/mol. The Bertz CT molecular complexity index is 1260. The van der Waals surface area contributed by atoms with Crippen molar-refractivity contribution in [2.45, 2.75) is 51.9 Å². The third kappa shape index (κ3) is 3.50. The molecule has 4 heterocycles. The van der Waals surface area contributed by atoms with E-state index in [2.05, 4.69) is 15.5 Å². The van der Waals surface area contributed by atoms with E-state index in [1.807, 2.05) is 13.8 Å². The molecule has 0 aliphatic carbocycles. The van der Waals surface area contributed by atoms with Crippen molar-refractivity contribution in [3.8, 4) is 0 Å². The Labute approximate surface area is 183 Å². The van der Waals surface area contributed by atoms with Crippen LogP contribution >= 0.6 is 0 Å². The maximum Gasteiger partial charge on any atom is 0.420 e. The molecule has 0 saturated carbocycles. The highest BCUT2D eigenvalue weighted by atomic mass is 16.5. The first-order valence-electron chi connectivity index (χ1n) is 10.8. The summed E-state index contributed by atoms with van der Waals surface area (Å²) in [5.74, 6) is -1.10. The van der Waals surface area contributed by atoms with Crippen molar-refractivity contribution in [3.05, 3.63) is 45.7 Å². The van der Waals surface area contributed by atoms with Gasteiger partial charge in [0.1, 0.15) is 12.1 Å². The number of aromatic nitrogens is 3.